The number of guanidine groups is 1. The van der Waals surface area contributed by atoms with Crippen molar-refractivity contribution in [3.8, 4) is 11.1 Å². The van der Waals surface area contributed by atoms with E-state index in [0.29, 0.717) is 6.42 Å². The molecule has 108 valence electrons. The first kappa shape index (κ1) is 13.8. The standard InChI is InChI=1S/C16H17N3OS/c1-16(9-14(20)19(2)15(17)18-16)13-8-12(10-21-13)11-6-4-3-5-7-11/h3-8,10H,9H2,1-2H3,(H2,17,18)/t16-/m0/s1. The summed E-state index contributed by atoms with van der Waals surface area (Å²) >= 11 is 1.62. The fourth-order valence-electron chi connectivity index (χ4n) is 2.45. The number of benzene rings is 1. The lowest BCUT2D eigenvalue weighted by Gasteiger charge is -2.32. The van der Waals surface area contributed by atoms with Crippen LogP contribution in [0.25, 0.3) is 11.1 Å². The maximum atomic E-state index is 12.0. The van der Waals surface area contributed by atoms with Crippen molar-refractivity contribution >= 4 is 23.2 Å². The molecule has 2 heterocycles. The van der Waals surface area contributed by atoms with Crippen LogP contribution >= 0.6 is 11.3 Å². The lowest BCUT2D eigenvalue weighted by molar-refractivity contribution is -0.128. The first-order valence-corrected chi connectivity index (χ1v) is 7.64. The zero-order chi connectivity index (χ0) is 15.0. The fraction of sp³-hybridized carbons (Fsp3) is 0.250. The van der Waals surface area contributed by atoms with Crippen LogP contribution in [0.4, 0.5) is 0 Å². The van der Waals surface area contributed by atoms with Crippen LogP contribution in [-0.2, 0) is 10.3 Å². The van der Waals surface area contributed by atoms with Crippen molar-refractivity contribution in [2.24, 2.45) is 10.7 Å². The summed E-state index contributed by atoms with van der Waals surface area (Å²) in [5.74, 6) is 0.281. The molecule has 0 bridgehead atoms. The third-order valence-electron chi connectivity index (χ3n) is 3.81. The van der Waals surface area contributed by atoms with Gasteiger partial charge in [0.15, 0.2) is 5.96 Å². The average molecular weight is 299 g/mol. The molecule has 5 heteroatoms. The van der Waals surface area contributed by atoms with Gasteiger partial charge in [0.25, 0.3) is 0 Å². The Morgan fingerprint density at radius 2 is 2.00 bits per heavy atom. The molecule has 1 atom stereocenters. The van der Waals surface area contributed by atoms with Crippen LogP contribution in [0, 0.1) is 0 Å². The maximum absolute atomic E-state index is 12.0. The Morgan fingerprint density at radius 1 is 1.29 bits per heavy atom. The summed E-state index contributed by atoms with van der Waals surface area (Å²) in [7, 11) is 1.66. The predicted octanol–water partition coefficient (Wildman–Crippen LogP) is 2.81. The topological polar surface area (TPSA) is 58.7 Å². The molecule has 1 aliphatic rings. The second-order valence-corrected chi connectivity index (χ2v) is 6.35. The number of carbonyl (C=O) groups is 1. The van der Waals surface area contributed by atoms with Crippen LogP contribution in [0.2, 0.25) is 0 Å². The smallest absolute Gasteiger partial charge is 0.231 e. The Bertz CT molecular complexity index is 707. The molecule has 1 aromatic heterocycles. The minimum Gasteiger partial charge on any atom is -0.369 e. The number of amides is 1. The highest BCUT2D eigenvalue weighted by Crippen LogP contribution is 2.38. The van der Waals surface area contributed by atoms with Crippen molar-refractivity contribution in [1.82, 2.24) is 4.90 Å². The predicted molar refractivity (Wildman–Crippen MR) is 86.1 cm³/mol. The van der Waals surface area contributed by atoms with Crippen LogP contribution in [-0.4, -0.2) is 23.8 Å². The number of thiophene rings is 1. The molecule has 0 radical (unpaired) electrons. The highest BCUT2D eigenvalue weighted by Gasteiger charge is 2.37. The molecule has 0 saturated heterocycles. The Kier molecular flexibility index (Phi) is 3.29. The number of carbonyl (C=O) groups excluding carboxylic acids is 1. The van der Waals surface area contributed by atoms with Gasteiger partial charge in [-0.15, -0.1) is 11.3 Å². The molecule has 1 aliphatic heterocycles. The second-order valence-electron chi connectivity index (χ2n) is 5.44. The zero-order valence-electron chi connectivity index (χ0n) is 12.0. The summed E-state index contributed by atoms with van der Waals surface area (Å²) in [5, 5.41) is 2.10. The van der Waals surface area contributed by atoms with Gasteiger partial charge in [-0.3, -0.25) is 9.69 Å². The third kappa shape index (κ3) is 2.45. The van der Waals surface area contributed by atoms with Crippen LogP contribution in [0.15, 0.2) is 46.8 Å². The van der Waals surface area contributed by atoms with Crippen LogP contribution < -0.4 is 5.73 Å². The summed E-state index contributed by atoms with van der Waals surface area (Å²) in [5.41, 5.74) is 7.61. The largest absolute Gasteiger partial charge is 0.369 e. The molecule has 0 unspecified atom stereocenters. The summed E-state index contributed by atoms with van der Waals surface area (Å²) in [6.07, 6.45) is 0.346. The van der Waals surface area contributed by atoms with E-state index in [9.17, 15) is 4.79 Å². The van der Waals surface area contributed by atoms with Gasteiger partial charge in [-0.2, -0.15) is 0 Å². The van der Waals surface area contributed by atoms with Crippen molar-refractivity contribution in [1.29, 1.82) is 0 Å². The van der Waals surface area contributed by atoms with Crippen molar-refractivity contribution in [2.45, 2.75) is 18.9 Å². The first-order valence-electron chi connectivity index (χ1n) is 6.76. The lowest BCUT2D eigenvalue weighted by Crippen LogP contribution is -2.47. The van der Waals surface area contributed by atoms with E-state index < -0.39 is 5.54 Å². The fourth-order valence-corrected chi connectivity index (χ4v) is 3.48. The summed E-state index contributed by atoms with van der Waals surface area (Å²) in [6.45, 7) is 1.96. The zero-order valence-corrected chi connectivity index (χ0v) is 12.9. The number of hydrogen-bond acceptors (Lipinski definition) is 4. The number of nitrogens with zero attached hydrogens (tertiary/aromatic N) is 2. The van der Waals surface area contributed by atoms with E-state index in [-0.39, 0.29) is 11.9 Å². The molecule has 2 aromatic rings. The monoisotopic (exact) mass is 299 g/mol. The average Bonchev–Trinajstić information content (AvgIpc) is 2.96. The van der Waals surface area contributed by atoms with Gasteiger partial charge in [0.05, 0.1) is 6.42 Å². The van der Waals surface area contributed by atoms with E-state index in [1.165, 1.54) is 10.5 Å². The van der Waals surface area contributed by atoms with Crippen LogP contribution in [0.3, 0.4) is 0 Å². The number of nitrogens with two attached hydrogens (primary N) is 1. The minimum absolute atomic E-state index is 0.000314. The van der Waals surface area contributed by atoms with Gasteiger partial charge in [0.2, 0.25) is 5.91 Å². The minimum atomic E-state index is -0.564. The molecule has 1 amide bonds. The van der Waals surface area contributed by atoms with Gasteiger partial charge in [0, 0.05) is 11.9 Å². The second kappa shape index (κ2) is 5.00. The SMILES string of the molecule is CN1C(=O)C[C@@](C)(c2cc(-c3ccccc3)cs2)N=C1N. The molecule has 0 fully saturated rings. The van der Waals surface area contributed by atoms with Gasteiger partial charge in [-0.05, 0) is 29.5 Å². The van der Waals surface area contributed by atoms with E-state index in [1.807, 2.05) is 25.1 Å². The third-order valence-corrected chi connectivity index (χ3v) is 5.00. The molecular weight excluding hydrogens is 282 g/mol. The molecule has 0 aliphatic carbocycles. The molecule has 21 heavy (non-hydrogen) atoms. The van der Waals surface area contributed by atoms with E-state index in [0.717, 1.165) is 10.4 Å². The summed E-state index contributed by atoms with van der Waals surface area (Å²) in [4.78, 5) is 19.0. The number of hydrogen-bond donors (Lipinski definition) is 1. The van der Waals surface area contributed by atoms with Crippen LogP contribution in [0.5, 0.6) is 0 Å². The van der Waals surface area contributed by atoms with E-state index >= 15 is 0 Å². The highest BCUT2D eigenvalue weighted by molar-refractivity contribution is 7.10. The normalized spacial score (nSPS) is 22.3. The Hall–Kier alpha value is -2.14. The van der Waals surface area contributed by atoms with E-state index in [1.54, 1.807) is 18.4 Å². The van der Waals surface area contributed by atoms with Crippen LogP contribution in [0.1, 0.15) is 18.2 Å². The summed E-state index contributed by atoms with van der Waals surface area (Å²) in [6, 6.07) is 12.3. The molecule has 3 rings (SSSR count). The van der Waals surface area contributed by atoms with Gasteiger partial charge < -0.3 is 5.73 Å². The quantitative estimate of drug-likeness (QED) is 0.927. The van der Waals surface area contributed by atoms with Crippen molar-refractivity contribution in [2.75, 3.05) is 7.05 Å². The van der Waals surface area contributed by atoms with Crippen molar-refractivity contribution in [3.05, 3.63) is 46.7 Å². The molecule has 1 aromatic carbocycles. The molecule has 0 spiro atoms. The Balaban J connectivity index is 1.98. The van der Waals surface area contributed by atoms with Crippen molar-refractivity contribution in [3.63, 3.8) is 0 Å². The van der Waals surface area contributed by atoms with E-state index in [2.05, 4.69) is 28.6 Å². The van der Waals surface area contributed by atoms with Crippen molar-refractivity contribution < 1.29 is 4.79 Å². The van der Waals surface area contributed by atoms with Gasteiger partial charge in [-0.1, -0.05) is 30.3 Å². The Labute approximate surface area is 127 Å². The molecular formula is C16H17N3OS. The number of aliphatic imine (C=N–C) groups is 1. The molecule has 4 nitrogen and oxygen atoms in total. The van der Waals surface area contributed by atoms with Gasteiger partial charge in [0.1, 0.15) is 5.54 Å². The lowest BCUT2D eigenvalue weighted by atomic mass is 9.93. The maximum Gasteiger partial charge on any atom is 0.231 e. The summed E-state index contributed by atoms with van der Waals surface area (Å²) < 4.78 is 0. The van der Waals surface area contributed by atoms with E-state index in [4.69, 9.17) is 5.73 Å². The molecule has 0 saturated carbocycles. The van der Waals surface area contributed by atoms with Gasteiger partial charge >= 0.3 is 0 Å². The van der Waals surface area contributed by atoms with Gasteiger partial charge in [-0.25, -0.2) is 4.99 Å². The molecule has 2 N–H and O–H groups in total. The first-order chi connectivity index (χ1) is 9.99. The highest BCUT2D eigenvalue weighted by atomic mass is 32.1. The number of rotatable bonds is 2. The Morgan fingerprint density at radius 3 is 2.67 bits per heavy atom.